The van der Waals surface area contributed by atoms with E-state index in [-0.39, 0.29) is 17.5 Å². The molecular formula is C46H54N4O10. The summed E-state index contributed by atoms with van der Waals surface area (Å²) in [5, 5.41) is 24.1. The summed E-state index contributed by atoms with van der Waals surface area (Å²) in [5.41, 5.74) is -0.0702. The van der Waals surface area contributed by atoms with E-state index in [2.05, 4.69) is 40.0 Å². The number of methoxy groups -OCH3 is 3. The molecule has 2 bridgehead atoms. The van der Waals surface area contributed by atoms with Crippen LogP contribution in [-0.4, -0.2) is 121 Å². The third kappa shape index (κ3) is 5.06. The first-order chi connectivity index (χ1) is 28.7. The second-order valence-electron chi connectivity index (χ2n) is 17.7. The van der Waals surface area contributed by atoms with Crippen LogP contribution in [0.15, 0.2) is 54.3 Å². The molecule has 1 aromatic heterocycles. The summed E-state index contributed by atoms with van der Waals surface area (Å²) in [7, 11) is 6.03. The lowest BCUT2D eigenvalue weighted by molar-refractivity contribution is -0.235. The van der Waals surface area contributed by atoms with E-state index in [1.54, 1.807) is 25.3 Å². The Kier molecular flexibility index (Phi) is 9.25. The Balaban J connectivity index is 1.37. The number of hydrogen-bond acceptors (Lipinski definition) is 12. The SMILES string of the molecule is CCC1=C[C@H]2CN(C1)Cc1c([nH]c3ccc(C(=O)O)cc13)[C@@](C(=O)OC)(c1cc3c(cc1OC)N(C)[C@H]1[C@@](O)(C(=O)OC)[C@H](OC(C)=O)[C@]4(CC)CC=CN5CC[C@]31[C@@H]54)C2. The van der Waals surface area contributed by atoms with Crippen LogP contribution in [0.3, 0.4) is 0 Å². The van der Waals surface area contributed by atoms with E-state index < -0.39 is 57.9 Å². The second kappa shape index (κ2) is 13.8. The highest BCUT2D eigenvalue weighted by Crippen LogP contribution is 2.69. The van der Waals surface area contributed by atoms with E-state index in [4.69, 9.17) is 18.9 Å². The van der Waals surface area contributed by atoms with Gasteiger partial charge in [-0.2, -0.15) is 0 Å². The van der Waals surface area contributed by atoms with Crippen molar-refractivity contribution in [3.05, 3.63) is 82.2 Å². The van der Waals surface area contributed by atoms with Gasteiger partial charge in [0.05, 0.1) is 32.9 Å². The molecule has 0 amide bonds. The molecule has 6 aliphatic rings. The van der Waals surface area contributed by atoms with Gasteiger partial charge in [-0.05, 0) is 79.6 Å². The topological polar surface area (TPSA) is 171 Å². The van der Waals surface area contributed by atoms with Crippen LogP contribution in [0.2, 0.25) is 0 Å². The average molecular weight is 823 g/mol. The molecule has 9 rings (SSSR count). The van der Waals surface area contributed by atoms with Crippen molar-refractivity contribution in [2.75, 3.05) is 52.9 Å². The van der Waals surface area contributed by atoms with Gasteiger partial charge in [0.1, 0.15) is 11.2 Å². The van der Waals surface area contributed by atoms with Crippen LogP contribution >= 0.6 is 0 Å². The highest BCUT2D eigenvalue weighted by atomic mass is 16.6. The molecule has 5 aliphatic heterocycles. The average Bonchev–Trinajstić information content (AvgIpc) is 3.89. The molecular weight excluding hydrogens is 769 g/mol. The van der Waals surface area contributed by atoms with E-state index in [1.165, 1.54) is 26.7 Å². The number of nitrogens with zero attached hydrogens (tertiary/aromatic N) is 3. The number of fused-ring (bicyclic) bond motifs is 6. The monoisotopic (exact) mass is 822 g/mol. The molecule has 3 aromatic rings. The molecule has 14 nitrogen and oxygen atoms in total. The van der Waals surface area contributed by atoms with Gasteiger partial charge in [-0.25, -0.2) is 9.59 Å². The molecule has 6 heterocycles. The number of carbonyl (C=O) groups is 4. The molecule has 1 aliphatic carbocycles. The number of carboxylic acids is 1. The van der Waals surface area contributed by atoms with Crippen LogP contribution in [0.5, 0.6) is 5.75 Å². The molecule has 9 atom stereocenters. The Labute approximate surface area is 349 Å². The van der Waals surface area contributed by atoms with Gasteiger partial charge in [0.15, 0.2) is 6.10 Å². The molecule has 1 spiro atoms. The number of aromatic carboxylic acids is 1. The van der Waals surface area contributed by atoms with Gasteiger partial charge < -0.3 is 43.9 Å². The zero-order valence-electron chi connectivity index (χ0n) is 35.3. The number of nitrogens with one attached hydrogen (secondary N) is 1. The molecule has 14 heteroatoms. The van der Waals surface area contributed by atoms with Crippen molar-refractivity contribution in [1.29, 1.82) is 0 Å². The van der Waals surface area contributed by atoms with Gasteiger partial charge in [0, 0.05) is 90.9 Å². The van der Waals surface area contributed by atoms with Crippen molar-refractivity contribution >= 4 is 40.5 Å². The maximum atomic E-state index is 15.3. The Morgan fingerprint density at radius 3 is 2.42 bits per heavy atom. The summed E-state index contributed by atoms with van der Waals surface area (Å²) in [5.74, 6) is -2.72. The highest BCUT2D eigenvalue weighted by Gasteiger charge is 2.80. The number of benzene rings is 2. The maximum absolute atomic E-state index is 15.3. The molecule has 0 radical (unpaired) electrons. The number of aromatic nitrogens is 1. The minimum Gasteiger partial charge on any atom is -0.496 e. The minimum absolute atomic E-state index is 0.0738. The number of H-pyrrole nitrogens is 1. The third-order valence-corrected chi connectivity index (χ3v) is 15.2. The fraction of sp³-hybridized carbons (Fsp3) is 0.522. The Bertz CT molecular complexity index is 2410. The summed E-state index contributed by atoms with van der Waals surface area (Å²) < 4.78 is 23.8. The summed E-state index contributed by atoms with van der Waals surface area (Å²) in [6.07, 6.45) is 7.74. The Morgan fingerprint density at radius 1 is 0.983 bits per heavy atom. The predicted molar refractivity (Wildman–Crippen MR) is 221 cm³/mol. The number of carbonyl (C=O) groups excluding carboxylic acids is 3. The normalized spacial score (nSPS) is 33.4. The number of anilines is 1. The summed E-state index contributed by atoms with van der Waals surface area (Å²) in [6, 6.07) is 7.66. The largest absolute Gasteiger partial charge is 0.496 e. The van der Waals surface area contributed by atoms with Gasteiger partial charge in [0.2, 0.25) is 5.60 Å². The van der Waals surface area contributed by atoms with Crippen molar-refractivity contribution in [2.45, 2.75) is 94.0 Å². The van der Waals surface area contributed by atoms with Gasteiger partial charge in [-0.15, -0.1) is 0 Å². The molecule has 1 saturated carbocycles. The summed E-state index contributed by atoms with van der Waals surface area (Å²) >= 11 is 0. The number of allylic oxidation sites excluding steroid dienone is 1. The number of esters is 3. The molecule has 60 heavy (non-hydrogen) atoms. The van der Waals surface area contributed by atoms with E-state index in [1.807, 2.05) is 31.0 Å². The molecule has 1 saturated heterocycles. The molecule has 1 unspecified atom stereocenters. The lowest BCUT2D eigenvalue weighted by Crippen LogP contribution is -2.81. The molecule has 318 valence electrons. The lowest BCUT2D eigenvalue weighted by atomic mass is 9.47. The fourth-order valence-electron chi connectivity index (χ4n) is 13.1. The number of hydrogen-bond donors (Lipinski definition) is 3. The van der Waals surface area contributed by atoms with Crippen LogP contribution in [0.1, 0.15) is 85.6 Å². The van der Waals surface area contributed by atoms with E-state index >= 15 is 4.79 Å². The van der Waals surface area contributed by atoms with Crippen LogP contribution in [0.4, 0.5) is 5.69 Å². The van der Waals surface area contributed by atoms with Crippen LogP contribution in [-0.2, 0) is 46.0 Å². The summed E-state index contributed by atoms with van der Waals surface area (Å²) in [6.45, 7) is 7.91. The van der Waals surface area contributed by atoms with Crippen LogP contribution < -0.4 is 9.64 Å². The number of aliphatic hydroxyl groups is 1. The van der Waals surface area contributed by atoms with Crippen molar-refractivity contribution in [1.82, 2.24) is 14.8 Å². The van der Waals surface area contributed by atoms with Crippen molar-refractivity contribution in [3.8, 4) is 5.75 Å². The Hall–Kier alpha value is -5.34. The standard InChI is InChI=1S/C46H54N4O10/c1-8-26-17-27-21-45(41(54)58-6,36-30(24-49(22-26)23-27)29-18-28(37(52)53)11-12-33(29)47-36)32-19-31-34(20-35(32)57-5)48(4)39-44(31)14-16-50-15-10-13-43(9-2,38(44)50)40(60-25(3)51)46(39,56)42(55)59-7/h10-12,15,17-20,27,38-40,47,56H,8-9,13-14,16,21-24H2,1-7H3,(H,52,53)/t27-,38+,39-,40-,43-,44-,45+,46+/m1/s1. The van der Waals surface area contributed by atoms with Gasteiger partial charge in [0.25, 0.3) is 0 Å². The number of ether oxygens (including phenoxy) is 4. The van der Waals surface area contributed by atoms with Crippen LogP contribution in [0.25, 0.3) is 10.9 Å². The molecule has 2 fully saturated rings. The second-order valence-corrected chi connectivity index (χ2v) is 17.7. The van der Waals surface area contributed by atoms with E-state index in [9.17, 15) is 24.6 Å². The zero-order chi connectivity index (χ0) is 42.7. The third-order valence-electron chi connectivity index (χ3n) is 15.2. The van der Waals surface area contributed by atoms with E-state index in [0.717, 1.165) is 24.1 Å². The smallest absolute Gasteiger partial charge is 0.344 e. The van der Waals surface area contributed by atoms with Gasteiger partial charge in [-0.1, -0.05) is 31.6 Å². The van der Waals surface area contributed by atoms with E-state index in [0.29, 0.717) is 78.9 Å². The minimum atomic E-state index is -2.31. The predicted octanol–water partition coefficient (Wildman–Crippen LogP) is 4.80. The van der Waals surface area contributed by atoms with Gasteiger partial charge in [-0.3, -0.25) is 14.5 Å². The van der Waals surface area contributed by atoms with Gasteiger partial charge >= 0.3 is 23.9 Å². The summed E-state index contributed by atoms with van der Waals surface area (Å²) in [4.78, 5) is 65.2. The van der Waals surface area contributed by atoms with Crippen LogP contribution in [0, 0.1) is 11.3 Å². The van der Waals surface area contributed by atoms with Crippen molar-refractivity contribution in [3.63, 3.8) is 0 Å². The van der Waals surface area contributed by atoms with Crippen molar-refractivity contribution in [2.24, 2.45) is 11.3 Å². The first kappa shape index (κ1) is 40.1. The van der Waals surface area contributed by atoms with Crippen molar-refractivity contribution < 1.29 is 48.3 Å². The molecule has 3 N–H and O–H groups in total. The first-order valence-electron chi connectivity index (χ1n) is 20.9. The first-order valence-corrected chi connectivity index (χ1v) is 20.9. The number of carboxylic acid groups (broad SMARTS) is 1. The zero-order valence-corrected chi connectivity index (χ0v) is 35.3. The highest BCUT2D eigenvalue weighted by molar-refractivity contribution is 5.98. The maximum Gasteiger partial charge on any atom is 0.344 e. The molecule has 2 aromatic carbocycles. The number of likely N-dealkylation sites (N-methyl/N-ethyl adjacent to an activating group) is 1. The number of rotatable bonds is 8. The lowest BCUT2D eigenvalue weighted by Gasteiger charge is -2.64. The fourth-order valence-corrected chi connectivity index (χ4v) is 13.1. The number of aromatic amines is 1. The quantitative estimate of drug-likeness (QED) is 0.161. The Morgan fingerprint density at radius 2 is 1.75 bits per heavy atom.